The predicted molar refractivity (Wildman–Crippen MR) is 81.5 cm³/mol. The number of benzene rings is 1. The summed E-state index contributed by atoms with van der Waals surface area (Å²) in [7, 11) is 0. The molecule has 1 N–H and O–H groups in total. The molecule has 0 radical (unpaired) electrons. The van der Waals surface area contributed by atoms with E-state index in [4.69, 9.17) is 0 Å². The maximum atomic E-state index is 12.4. The standard InChI is InChI=1S/C17H22N2O/c1-12-7-13(2)11-19(10-12)17(20)9-14-3-4-15-5-6-18-16(15)8-14/h3-6,8,12-13,18H,7,9-11H2,1-2H3. The second kappa shape index (κ2) is 5.31. The van der Waals surface area contributed by atoms with E-state index in [1.54, 1.807) is 0 Å². The van der Waals surface area contributed by atoms with Gasteiger partial charge in [-0.05, 0) is 41.3 Å². The summed E-state index contributed by atoms with van der Waals surface area (Å²) in [6.07, 6.45) is 3.68. The van der Waals surface area contributed by atoms with Crippen LogP contribution < -0.4 is 0 Å². The van der Waals surface area contributed by atoms with Gasteiger partial charge in [-0.25, -0.2) is 0 Å². The molecule has 0 spiro atoms. The van der Waals surface area contributed by atoms with Gasteiger partial charge in [-0.15, -0.1) is 0 Å². The number of nitrogens with one attached hydrogen (secondary N) is 1. The van der Waals surface area contributed by atoms with Crippen molar-refractivity contribution in [1.82, 2.24) is 9.88 Å². The maximum absolute atomic E-state index is 12.4. The number of carbonyl (C=O) groups is 1. The Morgan fingerprint density at radius 3 is 2.75 bits per heavy atom. The number of carbonyl (C=O) groups excluding carboxylic acids is 1. The first-order valence-electron chi connectivity index (χ1n) is 7.45. The van der Waals surface area contributed by atoms with E-state index in [0.717, 1.165) is 24.2 Å². The molecule has 2 heterocycles. The van der Waals surface area contributed by atoms with Crippen molar-refractivity contribution in [3.63, 3.8) is 0 Å². The molecule has 1 aromatic carbocycles. The Kier molecular flexibility index (Phi) is 3.51. The monoisotopic (exact) mass is 270 g/mol. The minimum Gasteiger partial charge on any atom is -0.361 e. The number of rotatable bonds is 2. The summed E-state index contributed by atoms with van der Waals surface area (Å²) >= 11 is 0. The molecule has 1 fully saturated rings. The Bertz CT molecular complexity index is 606. The fourth-order valence-electron chi connectivity index (χ4n) is 3.36. The van der Waals surface area contributed by atoms with Gasteiger partial charge in [0, 0.05) is 24.8 Å². The number of hydrogen-bond donors (Lipinski definition) is 1. The van der Waals surface area contributed by atoms with E-state index in [9.17, 15) is 4.79 Å². The van der Waals surface area contributed by atoms with Gasteiger partial charge < -0.3 is 9.88 Å². The van der Waals surface area contributed by atoms with Crippen molar-refractivity contribution in [2.45, 2.75) is 26.7 Å². The summed E-state index contributed by atoms with van der Waals surface area (Å²) in [5.74, 6) is 1.50. The van der Waals surface area contributed by atoms with Crippen LogP contribution in [0, 0.1) is 11.8 Å². The summed E-state index contributed by atoms with van der Waals surface area (Å²) in [5.41, 5.74) is 2.20. The van der Waals surface area contributed by atoms with Crippen molar-refractivity contribution in [3.8, 4) is 0 Å². The lowest BCUT2D eigenvalue weighted by molar-refractivity contribution is -0.133. The third-order valence-electron chi connectivity index (χ3n) is 4.20. The number of hydrogen-bond acceptors (Lipinski definition) is 1. The van der Waals surface area contributed by atoms with Gasteiger partial charge in [-0.1, -0.05) is 26.0 Å². The molecule has 0 bridgehead atoms. The van der Waals surface area contributed by atoms with E-state index in [1.807, 2.05) is 11.1 Å². The minimum absolute atomic E-state index is 0.259. The molecule has 1 aliphatic heterocycles. The van der Waals surface area contributed by atoms with Gasteiger partial charge >= 0.3 is 0 Å². The van der Waals surface area contributed by atoms with Crippen LogP contribution in [0.15, 0.2) is 30.5 Å². The molecule has 1 saturated heterocycles. The Hall–Kier alpha value is -1.77. The SMILES string of the molecule is CC1CC(C)CN(C(=O)Cc2ccc3cc[nH]c3c2)C1. The third kappa shape index (κ3) is 2.72. The largest absolute Gasteiger partial charge is 0.361 e. The van der Waals surface area contributed by atoms with E-state index in [0.29, 0.717) is 18.3 Å². The number of amides is 1. The first-order chi connectivity index (χ1) is 9.61. The fraction of sp³-hybridized carbons (Fsp3) is 0.471. The van der Waals surface area contributed by atoms with Crippen LogP contribution in [0.5, 0.6) is 0 Å². The van der Waals surface area contributed by atoms with Gasteiger partial charge in [0.05, 0.1) is 6.42 Å². The van der Waals surface area contributed by atoms with Crippen LogP contribution in [-0.4, -0.2) is 28.9 Å². The Labute approximate surface area is 120 Å². The number of aromatic nitrogens is 1. The third-order valence-corrected chi connectivity index (χ3v) is 4.20. The zero-order valence-electron chi connectivity index (χ0n) is 12.2. The normalized spacial score (nSPS) is 23.2. The van der Waals surface area contributed by atoms with E-state index < -0.39 is 0 Å². The zero-order valence-corrected chi connectivity index (χ0v) is 12.2. The highest BCUT2D eigenvalue weighted by atomic mass is 16.2. The molecule has 20 heavy (non-hydrogen) atoms. The second-order valence-electron chi connectivity index (χ2n) is 6.32. The lowest BCUT2D eigenvalue weighted by Gasteiger charge is -2.35. The maximum Gasteiger partial charge on any atom is 0.227 e. The van der Waals surface area contributed by atoms with Crippen LogP contribution in [0.3, 0.4) is 0 Å². The highest BCUT2D eigenvalue weighted by Crippen LogP contribution is 2.22. The van der Waals surface area contributed by atoms with Crippen LogP contribution in [0.2, 0.25) is 0 Å². The number of aromatic amines is 1. The van der Waals surface area contributed by atoms with Crippen LogP contribution >= 0.6 is 0 Å². The van der Waals surface area contributed by atoms with Crippen LogP contribution in [0.1, 0.15) is 25.8 Å². The summed E-state index contributed by atoms with van der Waals surface area (Å²) < 4.78 is 0. The number of fused-ring (bicyclic) bond motifs is 1. The van der Waals surface area contributed by atoms with Crippen LogP contribution in [0.4, 0.5) is 0 Å². The summed E-state index contributed by atoms with van der Waals surface area (Å²) in [5, 5.41) is 1.20. The highest BCUT2D eigenvalue weighted by molar-refractivity contribution is 5.83. The lowest BCUT2D eigenvalue weighted by Crippen LogP contribution is -2.43. The van der Waals surface area contributed by atoms with Crippen molar-refractivity contribution < 1.29 is 4.79 Å². The van der Waals surface area contributed by atoms with Crippen LogP contribution in [0.25, 0.3) is 10.9 Å². The van der Waals surface area contributed by atoms with Gasteiger partial charge in [0.2, 0.25) is 5.91 Å². The predicted octanol–water partition coefficient (Wildman–Crippen LogP) is 3.21. The molecule has 2 atom stereocenters. The molecule has 3 nitrogen and oxygen atoms in total. The molecular formula is C17H22N2O. The van der Waals surface area contributed by atoms with E-state index in [2.05, 4.69) is 43.1 Å². The number of H-pyrrole nitrogens is 1. The van der Waals surface area contributed by atoms with Gasteiger partial charge in [-0.2, -0.15) is 0 Å². The number of nitrogens with zero attached hydrogens (tertiary/aromatic N) is 1. The summed E-state index contributed by atoms with van der Waals surface area (Å²) in [6, 6.07) is 8.28. The Balaban J connectivity index is 1.71. The minimum atomic E-state index is 0.259. The molecule has 0 aliphatic carbocycles. The smallest absolute Gasteiger partial charge is 0.227 e. The topological polar surface area (TPSA) is 36.1 Å². The van der Waals surface area contributed by atoms with Gasteiger partial charge in [0.25, 0.3) is 0 Å². The van der Waals surface area contributed by atoms with Crippen molar-refractivity contribution in [2.24, 2.45) is 11.8 Å². The Morgan fingerprint density at radius 2 is 2.00 bits per heavy atom. The molecule has 1 aliphatic rings. The van der Waals surface area contributed by atoms with E-state index in [-0.39, 0.29) is 5.91 Å². The van der Waals surface area contributed by atoms with E-state index in [1.165, 1.54) is 11.8 Å². The van der Waals surface area contributed by atoms with Crippen molar-refractivity contribution in [3.05, 3.63) is 36.0 Å². The molecule has 1 amide bonds. The van der Waals surface area contributed by atoms with Gasteiger partial charge in [0.15, 0.2) is 0 Å². The molecule has 0 saturated carbocycles. The van der Waals surface area contributed by atoms with Crippen LogP contribution in [-0.2, 0) is 11.2 Å². The Morgan fingerprint density at radius 1 is 1.25 bits per heavy atom. The van der Waals surface area contributed by atoms with Gasteiger partial charge in [-0.3, -0.25) is 4.79 Å². The molecule has 2 aromatic rings. The molecule has 3 rings (SSSR count). The summed E-state index contributed by atoms with van der Waals surface area (Å²) in [4.78, 5) is 17.7. The number of likely N-dealkylation sites (tertiary alicyclic amines) is 1. The summed E-state index contributed by atoms with van der Waals surface area (Å²) in [6.45, 7) is 6.30. The van der Waals surface area contributed by atoms with Gasteiger partial charge in [0.1, 0.15) is 0 Å². The zero-order chi connectivity index (χ0) is 14.1. The average Bonchev–Trinajstić information content (AvgIpc) is 2.85. The average molecular weight is 270 g/mol. The molecule has 106 valence electrons. The first kappa shape index (κ1) is 13.2. The second-order valence-corrected chi connectivity index (χ2v) is 6.32. The molecule has 3 heteroatoms. The van der Waals surface area contributed by atoms with Crippen molar-refractivity contribution >= 4 is 16.8 Å². The number of piperidine rings is 1. The van der Waals surface area contributed by atoms with Crippen molar-refractivity contribution in [1.29, 1.82) is 0 Å². The molecular weight excluding hydrogens is 248 g/mol. The quantitative estimate of drug-likeness (QED) is 0.893. The molecule has 2 unspecified atom stereocenters. The fourth-order valence-corrected chi connectivity index (χ4v) is 3.36. The first-order valence-corrected chi connectivity index (χ1v) is 7.45. The van der Waals surface area contributed by atoms with Crippen molar-refractivity contribution in [2.75, 3.05) is 13.1 Å². The highest BCUT2D eigenvalue weighted by Gasteiger charge is 2.25. The molecule has 1 aromatic heterocycles. The van der Waals surface area contributed by atoms with E-state index >= 15 is 0 Å². The lowest BCUT2D eigenvalue weighted by atomic mass is 9.91.